The summed E-state index contributed by atoms with van der Waals surface area (Å²) in [6.45, 7) is 2.79. The van der Waals surface area contributed by atoms with E-state index in [0.717, 1.165) is 25.8 Å². The number of benzene rings is 1. The van der Waals surface area contributed by atoms with Crippen molar-refractivity contribution in [1.29, 1.82) is 0 Å². The molecular weight excluding hydrogens is 319 g/mol. The Hall–Kier alpha value is -1.47. The molecule has 0 aromatic heterocycles. The Balaban J connectivity index is 1.71. The molecular formula is C16H23FN2O3S. The van der Waals surface area contributed by atoms with Crippen molar-refractivity contribution in [2.45, 2.75) is 19.4 Å². The third-order valence-electron chi connectivity index (χ3n) is 4.01. The van der Waals surface area contributed by atoms with E-state index in [0.29, 0.717) is 24.6 Å². The number of hydrogen-bond acceptors (Lipinski definition) is 4. The molecule has 0 bridgehead atoms. The highest BCUT2D eigenvalue weighted by Gasteiger charge is 2.23. The summed E-state index contributed by atoms with van der Waals surface area (Å²) in [7, 11) is -3.11. The van der Waals surface area contributed by atoms with Gasteiger partial charge in [0.05, 0.1) is 5.75 Å². The topological polar surface area (TPSA) is 66.5 Å². The standard InChI is InChI=1S/C16H23FN2O3S/c1-23(21,22)9-7-16(20)18-10-13-6-8-19(11-13)12-14-4-2-3-5-15(14)17/h2-5,13H,6-12H2,1H3,(H,18,20). The molecule has 5 nitrogen and oxygen atoms in total. The van der Waals surface area contributed by atoms with Crippen LogP contribution in [0.4, 0.5) is 4.39 Å². The van der Waals surface area contributed by atoms with Gasteiger partial charge in [0.25, 0.3) is 0 Å². The fourth-order valence-corrected chi connectivity index (χ4v) is 3.27. The van der Waals surface area contributed by atoms with Gasteiger partial charge in [0.2, 0.25) is 5.91 Å². The van der Waals surface area contributed by atoms with E-state index in [1.54, 1.807) is 12.1 Å². The SMILES string of the molecule is CS(=O)(=O)CCC(=O)NCC1CCN(Cc2ccccc2F)C1. The highest BCUT2D eigenvalue weighted by molar-refractivity contribution is 7.90. The second-order valence-corrected chi connectivity index (χ2v) is 8.42. The lowest BCUT2D eigenvalue weighted by Crippen LogP contribution is -2.31. The molecule has 1 saturated heterocycles. The molecule has 0 saturated carbocycles. The van der Waals surface area contributed by atoms with Crippen molar-refractivity contribution in [2.24, 2.45) is 5.92 Å². The number of nitrogens with zero attached hydrogens (tertiary/aromatic N) is 1. The molecule has 1 unspecified atom stereocenters. The molecule has 2 rings (SSSR count). The molecule has 0 spiro atoms. The van der Waals surface area contributed by atoms with Crippen molar-refractivity contribution in [3.8, 4) is 0 Å². The van der Waals surface area contributed by atoms with Crippen LogP contribution in [0, 0.1) is 11.7 Å². The Morgan fingerprint density at radius 2 is 2.13 bits per heavy atom. The lowest BCUT2D eigenvalue weighted by molar-refractivity contribution is -0.120. The number of nitrogens with one attached hydrogen (secondary N) is 1. The largest absolute Gasteiger partial charge is 0.356 e. The highest BCUT2D eigenvalue weighted by atomic mass is 32.2. The van der Waals surface area contributed by atoms with Crippen LogP contribution < -0.4 is 5.32 Å². The molecule has 1 N–H and O–H groups in total. The van der Waals surface area contributed by atoms with Gasteiger partial charge in [-0.15, -0.1) is 0 Å². The van der Waals surface area contributed by atoms with Crippen LogP contribution in [-0.2, 0) is 21.2 Å². The molecule has 1 aromatic carbocycles. The Morgan fingerprint density at radius 3 is 2.83 bits per heavy atom. The summed E-state index contributed by atoms with van der Waals surface area (Å²) in [5.74, 6) is -0.222. The van der Waals surface area contributed by atoms with Gasteiger partial charge < -0.3 is 5.32 Å². The van der Waals surface area contributed by atoms with Crippen LogP contribution in [0.1, 0.15) is 18.4 Å². The van der Waals surface area contributed by atoms with Crippen molar-refractivity contribution in [3.63, 3.8) is 0 Å². The van der Waals surface area contributed by atoms with Crippen LogP contribution in [0.3, 0.4) is 0 Å². The van der Waals surface area contributed by atoms with E-state index in [1.165, 1.54) is 6.07 Å². The third kappa shape index (κ3) is 6.27. The van der Waals surface area contributed by atoms with Crippen LogP contribution >= 0.6 is 0 Å². The summed E-state index contributed by atoms with van der Waals surface area (Å²) in [4.78, 5) is 13.8. The van der Waals surface area contributed by atoms with Gasteiger partial charge in [-0.1, -0.05) is 18.2 Å². The first-order chi connectivity index (χ1) is 10.8. The van der Waals surface area contributed by atoms with E-state index in [4.69, 9.17) is 0 Å². The third-order valence-corrected chi connectivity index (χ3v) is 4.96. The Kier molecular flexibility index (Phi) is 6.12. The quantitative estimate of drug-likeness (QED) is 0.809. The highest BCUT2D eigenvalue weighted by Crippen LogP contribution is 2.19. The lowest BCUT2D eigenvalue weighted by atomic mass is 10.1. The van der Waals surface area contributed by atoms with Gasteiger partial charge in [-0.05, 0) is 24.9 Å². The van der Waals surface area contributed by atoms with Gasteiger partial charge in [0.1, 0.15) is 15.7 Å². The molecule has 1 aliphatic heterocycles. The summed E-state index contributed by atoms with van der Waals surface area (Å²) in [6.07, 6.45) is 2.07. The first-order valence-corrected chi connectivity index (χ1v) is 9.80. The maximum atomic E-state index is 13.6. The van der Waals surface area contributed by atoms with Crippen molar-refractivity contribution in [3.05, 3.63) is 35.6 Å². The van der Waals surface area contributed by atoms with E-state index in [2.05, 4.69) is 10.2 Å². The smallest absolute Gasteiger partial charge is 0.221 e. The minimum atomic E-state index is -3.11. The molecule has 1 heterocycles. The van der Waals surface area contributed by atoms with E-state index in [1.807, 2.05) is 6.07 Å². The number of likely N-dealkylation sites (tertiary alicyclic amines) is 1. The normalized spacial score (nSPS) is 19.0. The van der Waals surface area contributed by atoms with E-state index in [-0.39, 0.29) is 23.9 Å². The van der Waals surface area contributed by atoms with E-state index in [9.17, 15) is 17.6 Å². The molecule has 7 heteroatoms. The number of hydrogen-bond donors (Lipinski definition) is 1. The molecule has 128 valence electrons. The fraction of sp³-hybridized carbons (Fsp3) is 0.562. The number of halogens is 1. The molecule has 0 aliphatic carbocycles. The maximum Gasteiger partial charge on any atom is 0.221 e. The number of sulfone groups is 1. The average molecular weight is 342 g/mol. The van der Waals surface area contributed by atoms with Crippen molar-refractivity contribution < 1.29 is 17.6 Å². The molecule has 23 heavy (non-hydrogen) atoms. The Bertz CT molecular complexity index is 648. The van der Waals surface area contributed by atoms with Crippen LogP contribution in [0.5, 0.6) is 0 Å². The van der Waals surface area contributed by atoms with Gasteiger partial charge in [0, 0.05) is 37.9 Å². The Morgan fingerprint density at radius 1 is 1.39 bits per heavy atom. The summed E-state index contributed by atoms with van der Waals surface area (Å²) in [6, 6.07) is 6.76. The van der Waals surface area contributed by atoms with Crippen molar-refractivity contribution >= 4 is 15.7 Å². The molecule has 1 fully saturated rings. The average Bonchev–Trinajstić information content (AvgIpc) is 2.92. The van der Waals surface area contributed by atoms with Gasteiger partial charge in [0.15, 0.2) is 0 Å². The lowest BCUT2D eigenvalue weighted by Gasteiger charge is -2.16. The van der Waals surface area contributed by atoms with Crippen LogP contribution in [0.2, 0.25) is 0 Å². The summed E-state index contributed by atoms with van der Waals surface area (Å²) >= 11 is 0. The predicted octanol–water partition coefficient (Wildman–Crippen LogP) is 1.20. The van der Waals surface area contributed by atoms with E-state index < -0.39 is 9.84 Å². The Labute approximate surface area is 136 Å². The zero-order valence-electron chi connectivity index (χ0n) is 13.3. The number of carbonyl (C=O) groups excluding carboxylic acids is 1. The zero-order chi connectivity index (χ0) is 16.9. The predicted molar refractivity (Wildman–Crippen MR) is 87.1 cm³/mol. The first kappa shape index (κ1) is 17.9. The first-order valence-electron chi connectivity index (χ1n) is 7.73. The van der Waals surface area contributed by atoms with E-state index >= 15 is 0 Å². The second-order valence-electron chi connectivity index (χ2n) is 6.17. The number of amides is 1. The fourth-order valence-electron chi connectivity index (χ4n) is 2.72. The van der Waals surface area contributed by atoms with Gasteiger partial charge in [-0.2, -0.15) is 0 Å². The van der Waals surface area contributed by atoms with Crippen molar-refractivity contribution in [2.75, 3.05) is 31.6 Å². The minimum absolute atomic E-state index is 0.00446. The van der Waals surface area contributed by atoms with Crippen LogP contribution in [-0.4, -0.2) is 50.9 Å². The molecule has 1 aromatic rings. The zero-order valence-corrected chi connectivity index (χ0v) is 14.1. The summed E-state index contributed by atoms with van der Waals surface area (Å²) in [5, 5.41) is 2.79. The van der Waals surface area contributed by atoms with Gasteiger partial charge >= 0.3 is 0 Å². The summed E-state index contributed by atoms with van der Waals surface area (Å²) in [5.41, 5.74) is 0.685. The summed E-state index contributed by atoms with van der Waals surface area (Å²) < 4.78 is 35.7. The van der Waals surface area contributed by atoms with Crippen LogP contribution in [0.15, 0.2) is 24.3 Å². The molecule has 1 amide bonds. The van der Waals surface area contributed by atoms with Crippen molar-refractivity contribution in [1.82, 2.24) is 10.2 Å². The second kappa shape index (κ2) is 7.88. The van der Waals surface area contributed by atoms with Gasteiger partial charge in [-0.25, -0.2) is 12.8 Å². The van der Waals surface area contributed by atoms with Gasteiger partial charge in [-0.3, -0.25) is 9.69 Å². The molecule has 1 atom stereocenters. The number of rotatable bonds is 7. The maximum absolute atomic E-state index is 13.6. The molecule has 0 radical (unpaired) electrons. The minimum Gasteiger partial charge on any atom is -0.356 e. The van der Waals surface area contributed by atoms with Crippen LogP contribution in [0.25, 0.3) is 0 Å². The molecule has 1 aliphatic rings. The monoisotopic (exact) mass is 342 g/mol. The number of carbonyl (C=O) groups is 1.